The first-order valence-corrected chi connectivity index (χ1v) is 11.7. The van der Waals surface area contributed by atoms with Crippen molar-refractivity contribution < 1.29 is 19.0 Å². The van der Waals surface area contributed by atoms with Crippen molar-refractivity contribution in [3.05, 3.63) is 40.1 Å². The molecule has 1 aliphatic heterocycles. The van der Waals surface area contributed by atoms with E-state index in [0.29, 0.717) is 48.3 Å². The third kappa shape index (κ3) is 5.81. The number of carbonyl (C=O) groups excluding carboxylic acids is 1. The molecular weight excluding hydrogens is 481 g/mol. The summed E-state index contributed by atoms with van der Waals surface area (Å²) < 4.78 is 17.4. The second-order valence-corrected chi connectivity index (χ2v) is 9.54. The summed E-state index contributed by atoms with van der Waals surface area (Å²) in [6, 6.07) is 6.90. The topological polar surface area (TPSA) is 110 Å². The highest BCUT2D eigenvalue weighted by atomic mass is 35.5. The Morgan fingerprint density at radius 3 is 2.88 bits per heavy atom. The Morgan fingerprint density at radius 1 is 1.38 bits per heavy atom. The van der Waals surface area contributed by atoms with Gasteiger partial charge in [-0.15, -0.1) is 0 Å². The van der Waals surface area contributed by atoms with Crippen molar-refractivity contribution in [3.63, 3.8) is 0 Å². The van der Waals surface area contributed by atoms with E-state index in [0.717, 1.165) is 12.8 Å². The first kappa shape index (κ1) is 24.3. The van der Waals surface area contributed by atoms with E-state index in [4.69, 9.17) is 42.7 Å². The fraction of sp³-hybridized carbons (Fsp3) is 0.478. The Balaban J connectivity index is 1.44. The van der Waals surface area contributed by atoms with Crippen molar-refractivity contribution in [1.29, 1.82) is 5.26 Å². The summed E-state index contributed by atoms with van der Waals surface area (Å²) in [4.78, 5) is 22.4. The lowest BCUT2D eigenvalue weighted by atomic mass is 9.98. The molecule has 2 heterocycles. The van der Waals surface area contributed by atoms with Gasteiger partial charge in [-0.1, -0.05) is 23.2 Å². The van der Waals surface area contributed by atoms with Gasteiger partial charge in [-0.05, 0) is 38.0 Å². The summed E-state index contributed by atoms with van der Waals surface area (Å²) in [5, 5.41) is 12.6. The molecule has 1 aromatic carbocycles. The van der Waals surface area contributed by atoms with Crippen LogP contribution in [0, 0.1) is 17.2 Å². The first-order valence-electron chi connectivity index (χ1n) is 10.9. The van der Waals surface area contributed by atoms with Crippen molar-refractivity contribution in [2.24, 2.45) is 5.92 Å². The van der Waals surface area contributed by atoms with E-state index >= 15 is 0 Å². The molecule has 2 unspecified atom stereocenters. The Morgan fingerprint density at radius 2 is 2.18 bits per heavy atom. The minimum Gasteiger partial charge on any atom is -0.473 e. The normalized spacial score (nSPS) is 20.7. The fourth-order valence-electron chi connectivity index (χ4n) is 3.58. The summed E-state index contributed by atoms with van der Waals surface area (Å²) in [5.74, 6) is 0.450. The van der Waals surface area contributed by atoms with Crippen LogP contribution in [0.2, 0.25) is 10.0 Å². The lowest BCUT2D eigenvalue weighted by Gasteiger charge is -2.34. The van der Waals surface area contributed by atoms with Crippen molar-refractivity contribution in [3.8, 4) is 11.9 Å². The van der Waals surface area contributed by atoms with Crippen LogP contribution in [0.25, 0.3) is 0 Å². The second-order valence-electron chi connectivity index (χ2n) is 8.75. The molecule has 1 aromatic heterocycles. The van der Waals surface area contributed by atoms with Crippen LogP contribution >= 0.6 is 23.2 Å². The molecule has 1 saturated carbocycles. The monoisotopic (exact) mass is 505 g/mol. The number of nitrogens with zero attached hydrogens (tertiary/aromatic N) is 4. The molecule has 4 rings (SSSR count). The molecular formula is C23H25Cl2N5O4. The molecule has 1 saturated heterocycles. The van der Waals surface area contributed by atoms with Crippen LogP contribution in [0.5, 0.6) is 5.88 Å². The highest BCUT2D eigenvalue weighted by molar-refractivity contribution is 6.35. The number of amides is 1. The SMILES string of the molecule is CN(CC1COCCC1Oc1ncnc(Nc2ccc(C#N)cc2Cl)c1Cl)C(=O)OC1(C)CC1. The number of anilines is 2. The second kappa shape index (κ2) is 10.2. The Labute approximate surface area is 207 Å². The minimum atomic E-state index is -0.352. The zero-order valence-electron chi connectivity index (χ0n) is 18.9. The van der Waals surface area contributed by atoms with E-state index < -0.39 is 0 Å². The van der Waals surface area contributed by atoms with Crippen LogP contribution in [-0.2, 0) is 9.47 Å². The molecule has 2 fully saturated rings. The number of ether oxygens (including phenoxy) is 3. The van der Waals surface area contributed by atoms with Crippen LogP contribution in [-0.4, -0.2) is 59.5 Å². The zero-order valence-corrected chi connectivity index (χ0v) is 20.4. The number of hydrogen-bond donors (Lipinski definition) is 1. The number of nitrogens with one attached hydrogen (secondary N) is 1. The molecule has 0 bridgehead atoms. The summed E-state index contributed by atoms with van der Waals surface area (Å²) in [6.07, 6.45) is 3.13. The van der Waals surface area contributed by atoms with Crippen molar-refractivity contribution in [2.45, 2.75) is 37.9 Å². The third-order valence-corrected chi connectivity index (χ3v) is 6.54. The maximum absolute atomic E-state index is 12.4. The molecule has 11 heteroatoms. The third-order valence-electron chi connectivity index (χ3n) is 5.88. The van der Waals surface area contributed by atoms with E-state index in [1.54, 1.807) is 30.1 Å². The van der Waals surface area contributed by atoms with Gasteiger partial charge in [0.15, 0.2) is 5.82 Å². The molecule has 9 nitrogen and oxygen atoms in total. The molecule has 2 aromatic rings. The Hall–Kier alpha value is -2.80. The van der Waals surface area contributed by atoms with Gasteiger partial charge in [0.2, 0.25) is 5.88 Å². The summed E-state index contributed by atoms with van der Waals surface area (Å²) in [6.45, 7) is 3.31. The van der Waals surface area contributed by atoms with E-state index in [9.17, 15) is 4.79 Å². The quantitative estimate of drug-likeness (QED) is 0.570. The molecule has 0 spiro atoms. The maximum atomic E-state index is 12.4. The van der Waals surface area contributed by atoms with Gasteiger partial charge >= 0.3 is 6.09 Å². The fourth-order valence-corrected chi connectivity index (χ4v) is 3.99. The number of hydrogen-bond acceptors (Lipinski definition) is 8. The van der Waals surface area contributed by atoms with Gasteiger partial charge in [-0.25, -0.2) is 14.8 Å². The van der Waals surface area contributed by atoms with Gasteiger partial charge in [-0.2, -0.15) is 5.26 Å². The average molecular weight is 506 g/mol. The zero-order chi connectivity index (χ0) is 24.3. The summed E-state index contributed by atoms with van der Waals surface area (Å²) >= 11 is 12.8. The first-order chi connectivity index (χ1) is 16.3. The molecule has 180 valence electrons. The number of rotatable bonds is 7. The van der Waals surface area contributed by atoms with Crippen LogP contribution in [0.4, 0.5) is 16.3 Å². The molecule has 0 radical (unpaired) electrons. The van der Waals surface area contributed by atoms with E-state index in [1.807, 2.05) is 13.0 Å². The average Bonchev–Trinajstić information content (AvgIpc) is 3.55. The smallest absolute Gasteiger partial charge is 0.410 e. The summed E-state index contributed by atoms with van der Waals surface area (Å²) in [5.41, 5.74) is 0.652. The van der Waals surface area contributed by atoms with Crippen LogP contribution in [0.15, 0.2) is 24.5 Å². The number of carbonyl (C=O) groups is 1. The number of halogens is 2. The summed E-state index contributed by atoms with van der Waals surface area (Å²) in [7, 11) is 1.71. The molecule has 1 amide bonds. The largest absolute Gasteiger partial charge is 0.473 e. The van der Waals surface area contributed by atoms with Crippen molar-refractivity contribution in [1.82, 2.24) is 14.9 Å². The van der Waals surface area contributed by atoms with Crippen LogP contribution < -0.4 is 10.1 Å². The molecule has 34 heavy (non-hydrogen) atoms. The van der Waals surface area contributed by atoms with Crippen molar-refractivity contribution in [2.75, 3.05) is 32.1 Å². The lowest BCUT2D eigenvalue weighted by molar-refractivity contribution is -0.0357. The van der Waals surface area contributed by atoms with Gasteiger partial charge in [0.05, 0.1) is 35.6 Å². The highest BCUT2D eigenvalue weighted by Gasteiger charge is 2.42. The molecule has 2 atom stereocenters. The van der Waals surface area contributed by atoms with E-state index in [-0.39, 0.29) is 34.6 Å². The van der Waals surface area contributed by atoms with Crippen LogP contribution in [0.1, 0.15) is 31.7 Å². The Bertz CT molecular complexity index is 1110. The predicted molar refractivity (Wildman–Crippen MR) is 127 cm³/mol. The van der Waals surface area contributed by atoms with Gasteiger partial charge in [0.1, 0.15) is 23.1 Å². The van der Waals surface area contributed by atoms with Crippen LogP contribution in [0.3, 0.4) is 0 Å². The number of benzene rings is 1. The minimum absolute atomic E-state index is 0.0891. The van der Waals surface area contributed by atoms with Gasteiger partial charge < -0.3 is 24.4 Å². The van der Waals surface area contributed by atoms with Gasteiger partial charge in [0, 0.05) is 25.9 Å². The number of nitriles is 1. The molecule has 2 aliphatic rings. The van der Waals surface area contributed by atoms with E-state index in [1.165, 1.54) is 6.33 Å². The van der Waals surface area contributed by atoms with Gasteiger partial charge in [-0.3, -0.25) is 0 Å². The Kier molecular flexibility index (Phi) is 7.31. The predicted octanol–water partition coefficient (Wildman–Crippen LogP) is 4.80. The van der Waals surface area contributed by atoms with Crippen molar-refractivity contribution >= 4 is 40.8 Å². The number of aromatic nitrogens is 2. The van der Waals surface area contributed by atoms with E-state index in [2.05, 4.69) is 15.3 Å². The highest BCUT2D eigenvalue weighted by Crippen LogP contribution is 2.39. The standard InChI is InChI=1S/C23H25Cl2N5O4/c1-23(6-7-23)34-22(31)30(2)11-15-12-32-8-5-18(15)33-21-19(25)20(27-13-28-21)29-17-4-3-14(10-26)9-16(17)24/h3-4,9,13,15,18H,5-8,11-12H2,1-2H3,(H,27,28,29). The maximum Gasteiger partial charge on any atom is 0.410 e. The molecule has 1 aliphatic carbocycles. The molecule has 1 N–H and O–H groups in total. The van der Waals surface area contributed by atoms with Gasteiger partial charge in [0.25, 0.3) is 0 Å². The lowest BCUT2D eigenvalue weighted by Crippen LogP contribution is -2.45.